The van der Waals surface area contributed by atoms with E-state index in [0.717, 1.165) is 0 Å². The predicted octanol–water partition coefficient (Wildman–Crippen LogP) is 2.91. The van der Waals surface area contributed by atoms with Crippen molar-refractivity contribution in [1.29, 1.82) is 0 Å². The molecule has 2 saturated heterocycles. The summed E-state index contributed by atoms with van der Waals surface area (Å²) in [6.07, 6.45) is 4.97. The van der Waals surface area contributed by atoms with Crippen molar-refractivity contribution < 1.29 is 4.42 Å². The number of oxazole rings is 1. The molecule has 2 fully saturated rings. The Bertz CT molecular complexity index is 629. The van der Waals surface area contributed by atoms with E-state index in [-0.39, 0.29) is 0 Å². The lowest BCUT2D eigenvalue weighted by atomic mass is 9.97. The molecule has 20 heavy (non-hydrogen) atoms. The number of fused-ring (bicyclic) bond motifs is 2. The molecule has 4 rings (SSSR count). The number of aromatic nitrogens is 2. The number of hydrogen-bond acceptors (Lipinski definition) is 5. The highest BCUT2D eigenvalue weighted by molar-refractivity contribution is 6.29. The minimum atomic E-state index is 0.426. The van der Waals surface area contributed by atoms with Crippen molar-refractivity contribution in [2.24, 2.45) is 0 Å². The summed E-state index contributed by atoms with van der Waals surface area (Å²) < 4.78 is 5.71. The summed E-state index contributed by atoms with van der Waals surface area (Å²) in [6.45, 7) is 2.46. The number of nitrogens with one attached hydrogen (secondary N) is 1. The van der Waals surface area contributed by atoms with Crippen molar-refractivity contribution in [3.63, 3.8) is 0 Å². The highest BCUT2D eigenvalue weighted by Gasteiger charge is 2.35. The molecule has 2 aliphatic heterocycles. The Morgan fingerprint density at radius 1 is 1.20 bits per heavy atom. The van der Waals surface area contributed by atoms with Gasteiger partial charge in [0.15, 0.2) is 5.58 Å². The van der Waals surface area contributed by atoms with Gasteiger partial charge in [-0.1, -0.05) is 11.6 Å². The van der Waals surface area contributed by atoms with Gasteiger partial charge in [0.1, 0.15) is 5.15 Å². The van der Waals surface area contributed by atoms with Crippen LogP contribution >= 0.6 is 11.6 Å². The van der Waals surface area contributed by atoms with Gasteiger partial charge in [0.05, 0.1) is 0 Å². The summed E-state index contributed by atoms with van der Waals surface area (Å²) in [5.74, 6) is 0. The largest absolute Gasteiger partial charge is 0.422 e. The van der Waals surface area contributed by atoms with Crippen LogP contribution in [0, 0.1) is 0 Å². The number of anilines is 1. The van der Waals surface area contributed by atoms with Crippen molar-refractivity contribution in [2.45, 2.75) is 37.8 Å². The van der Waals surface area contributed by atoms with Crippen molar-refractivity contribution >= 4 is 28.8 Å². The fraction of sp³-hybridized carbons (Fsp3) is 0.571. The van der Waals surface area contributed by atoms with Crippen LogP contribution in [0.1, 0.15) is 25.7 Å². The summed E-state index contributed by atoms with van der Waals surface area (Å²) in [5, 5.41) is 3.90. The molecule has 5 nitrogen and oxygen atoms in total. The fourth-order valence-corrected chi connectivity index (χ4v) is 3.62. The lowest BCUT2D eigenvalue weighted by Crippen LogP contribution is -2.47. The van der Waals surface area contributed by atoms with Gasteiger partial charge in [0.2, 0.25) is 5.65 Å². The van der Waals surface area contributed by atoms with E-state index in [2.05, 4.69) is 20.2 Å². The molecule has 106 valence electrons. The Morgan fingerprint density at radius 2 is 2.05 bits per heavy atom. The third-order valence-electron chi connectivity index (χ3n) is 4.37. The fourth-order valence-electron chi connectivity index (χ4n) is 3.48. The number of hydrogen-bond donors (Lipinski definition) is 1. The molecule has 0 saturated carbocycles. The van der Waals surface area contributed by atoms with Crippen molar-refractivity contribution in [3.05, 3.63) is 17.3 Å². The molecule has 2 aromatic heterocycles. The summed E-state index contributed by atoms with van der Waals surface area (Å²) in [6, 6.07) is 5.14. The van der Waals surface area contributed by atoms with Gasteiger partial charge in [-0.15, -0.1) is 0 Å². The van der Waals surface area contributed by atoms with E-state index in [1.165, 1.54) is 38.8 Å². The predicted molar refractivity (Wildman–Crippen MR) is 78.1 cm³/mol. The van der Waals surface area contributed by atoms with E-state index in [1.807, 2.05) is 6.07 Å². The molecule has 0 aliphatic carbocycles. The Kier molecular flexibility index (Phi) is 3.04. The van der Waals surface area contributed by atoms with Crippen LogP contribution in [0.5, 0.6) is 0 Å². The molecule has 0 amide bonds. The highest BCUT2D eigenvalue weighted by atomic mass is 35.5. The molecule has 4 heterocycles. The first-order chi connectivity index (χ1) is 9.79. The average molecular weight is 293 g/mol. The zero-order valence-corrected chi connectivity index (χ0v) is 11.9. The van der Waals surface area contributed by atoms with Crippen LogP contribution in [0.3, 0.4) is 0 Å². The van der Waals surface area contributed by atoms with Crippen molar-refractivity contribution in [2.75, 3.05) is 18.4 Å². The van der Waals surface area contributed by atoms with E-state index < -0.39 is 0 Å². The Hall–Kier alpha value is -1.33. The quantitative estimate of drug-likeness (QED) is 0.863. The lowest BCUT2D eigenvalue weighted by Gasteiger charge is -2.36. The Morgan fingerprint density at radius 3 is 2.95 bits per heavy atom. The first-order valence-electron chi connectivity index (χ1n) is 7.23. The topological polar surface area (TPSA) is 54.2 Å². The number of piperidine rings is 1. The molecule has 0 bridgehead atoms. The summed E-state index contributed by atoms with van der Waals surface area (Å²) >= 11 is 5.87. The number of nitrogens with zero attached hydrogens (tertiary/aromatic N) is 3. The van der Waals surface area contributed by atoms with E-state index in [1.54, 1.807) is 6.07 Å². The third-order valence-corrected chi connectivity index (χ3v) is 4.58. The van der Waals surface area contributed by atoms with Crippen LogP contribution in [0.25, 0.3) is 11.2 Å². The molecule has 1 N–H and O–H groups in total. The maximum Gasteiger partial charge on any atom is 0.297 e. The van der Waals surface area contributed by atoms with Crippen LogP contribution in [-0.2, 0) is 0 Å². The highest BCUT2D eigenvalue weighted by Crippen LogP contribution is 2.29. The van der Waals surface area contributed by atoms with Crippen LogP contribution in [0.15, 0.2) is 16.5 Å². The number of halogens is 1. The monoisotopic (exact) mass is 292 g/mol. The van der Waals surface area contributed by atoms with E-state index in [4.69, 9.17) is 16.0 Å². The average Bonchev–Trinajstić information content (AvgIpc) is 3.04. The van der Waals surface area contributed by atoms with Gasteiger partial charge in [0, 0.05) is 12.1 Å². The summed E-state index contributed by atoms with van der Waals surface area (Å²) in [4.78, 5) is 11.1. The van der Waals surface area contributed by atoms with E-state index >= 15 is 0 Å². The SMILES string of the molecule is Clc1ccc2oc(NC3CCCN4CCCC34)nc2n1. The number of pyridine rings is 1. The second-order valence-corrected chi connectivity index (χ2v) is 6.00. The van der Waals surface area contributed by atoms with Gasteiger partial charge in [0.25, 0.3) is 6.01 Å². The molecule has 2 unspecified atom stereocenters. The smallest absolute Gasteiger partial charge is 0.297 e. The second-order valence-electron chi connectivity index (χ2n) is 5.61. The maximum absolute atomic E-state index is 5.87. The van der Waals surface area contributed by atoms with Gasteiger partial charge in [-0.05, 0) is 50.9 Å². The van der Waals surface area contributed by atoms with Gasteiger partial charge in [-0.2, -0.15) is 4.98 Å². The van der Waals surface area contributed by atoms with Gasteiger partial charge in [-0.3, -0.25) is 4.90 Å². The van der Waals surface area contributed by atoms with Crippen LogP contribution in [-0.4, -0.2) is 40.0 Å². The van der Waals surface area contributed by atoms with Gasteiger partial charge >= 0.3 is 0 Å². The Labute approximate surface area is 122 Å². The zero-order chi connectivity index (χ0) is 13.5. The lowest BCUT2D eigenvalue weighted by molar-refractivity contribution is 0.181. The zero-order valence-electron chi connectivity index (χ0n) is 11.2. The standard InChI is InChI=1S/C14H17ClN4O/c15-12-6-5-11-13(17-12)18-14(20-11)16-9-3-1-7-19-8-2-4-10(9)19/h5-6,9-10H,1-4,7-8H2,(H,16,17,18). The van der Waals surface area contributed by atoms with Crippen LogP contribution < -0.4 is 5.32 Å². The van der Waals surface area contributed by atoms with Crippen molar-refractivity contribution in [1.82, 2.24) is 14.9 Å². The Balaban J connectivity index is 1.57. The molecule has 0 spiro atoms. The third kappa shape index (κ3) is 2.15. The molecule has 2 aromatic rings. The second kappa shape index (κ2) is 4.90. The van der Waals surface area contributed by atoms with Crippen molar-refractivity contribution in [3.8, 4) is 0 Å². The molecule has 2 atom stereocenters. The normalized spacial score (nSPS) is 26.9. The van der Waals surface area contributed by atoms with Crippen LogP contribution in [0.2, 0.25) is 5.15 Å². The maximum atomic E-state index is 5.87. The minimum absolute atomic E-state index is 0.426. The van der Waals surface area contributed by atoms with Gasteiger partial charge in [-0.25, -0.2) is 4.98 Å². The molecular formula is C14H17ClN4O. The van der Waals surface area contributed by atoms with Crippen LogP contribution in [0.4, 0.5) is 6.01 Å². The molecule has 0 radical (unpaired) electrons. The summed E-state index contributed by atoms with van der Waals surface area (Å²) in [5.41, 5.74) is 1.25. The first-order valence-corrected chi connectivity index (χ1v) is 7.61. The molecule has 6 heteroatoms. The molecule has 0 aromatic carbocycles. The summed E-state index contributed by atoms with van der Waals surface area (Å²) in [7, 11) is 0. The minimum Gasteiger partial charge on any atom is -0.422 e. The van der Waals surface area contributed by atoms with Gasteiger partial charge < -0.3 is 9.73 Å². The first kappa shape index (κ1) is 12.4. The molecule has 2 aliphatic rings. The van der Waals surface area contributed by atoms with E-state index in [0.29, 0.717) is 34.5 Å². The molecular weight excluding hydrogens is 276 g/mol. The number of rotatable bonds is 2. The van der Waals surface area contributed by atoms with E-state index in [9.17, 15) is 0 Å².